The van der Waals surface area contributed by atoms with E-state index in [-0.39, 0.29) is 17.2 Å². The van der Waals surface area contributed by atoms with E-state index in [2.05, 4.69) is 13.2 Å². The number of nitrogens with zero attached hydrogens (tertiary/aromatic N) is 1. The van der Waals surface area contributed by atoms with E-state index < -0.39 is 18.2 Å². The molecule has 0 saturated carbocycles. The van der Waals surface area contributed by atoms with Gasteiger partial charge in [0, 0.05) is 11.1 Å². The van der Waals surface area contributed by atoms with Crippen molar-refractivity contribution in [3.63, 3.8) is 0 Å². The topological polar surface area (TPSA) is 55.8 Å². The molecule has 18 heavy (non-hydrogen) atoms. The van der Waals surface area contributed by atoms with Gasteiger partial charge >= 0.3 is 11.9 Å². The number of likely N-dealkylation sites (N-methyl/N-ethyl adjacent to an activating group) is 1. The Morgan fingerprint density at radius 1 is 1.00 bits per heavy atom. The highest BCUT2D eigenvalue weighted by Gasteiger charge is 2.27. The summed E-state index contributed by atoms with van der Waals surface area (Å²) in [7, 11) is 3.59. The van der Waals surface area contributed by atoms with Crippen LogP contribution in [0.5, 0.6) is 0 Å². The Bertz CT molecular complexity index is 332. The lowest BCUT2D eigenvalue weighted by atomic mass is 10.3. The Morgan fingerprint density at radius 2 is 1.33 bits per heavy atom. The summed E-state index contributed by atoms with van der Waals surface area (Å²) >= 11 is 0. The number of esters is 2. The van der Waals surface area contributed by atoms with Crippen LogP contribution in [0.15, 0.2) is 24.3 Å². The summed E-state index contributed by atoms with van der Waals surface area (Å²) in [6.45, 7) is 11.8. The molecule has 0 heterocycles. The Labute approximate surface area is 108 Å². The molecular weight excluding hydrogens is 234 g/mol. The quantitative estimate of drug-likeness (QED) is 0.409. The van der Waals surface area contributed by atoms with Crippen molar-refractivity contribution in [1.29, 1.82) is 0 Å². The van der Waals surface area contributed by atoms with Crippen molar-refractivity contribution in [3.8, 4) is 0 Å². The zero-order valence-electron chi connectivity index (χ0n) is 11.6. The van der Waals surface area contributed by atoms with E-state index >= 15 is 0 Å². The maximum absolute atomic E-state index is 11.5. The van der Waals surface area contributed by atoms with Gasteiger partial charge in [-0.05, 0) is 34.9 Å². The fraction of sp³-hybridized carbons (Fsp3) is 0.538. The van der Waals surface area contributed by atoms with E-state index in [9.17, 15) is 9.59 Å². The predicted octanol–water partition coefficient (Wildman–Crippen LogP) is 1.50. The second-order valence-corrected chi connectivity index (χ2v) is 4.44. The number of hydrogen-bond donors (Lipinski definition) is 0. The molecule has 0 bridgehead atoms. The molecule has 1 atom stereocenters. The SMILES string of the molecule is C=C(C)C(=O)OC(OC(=O)C(=C)C)C(C)N(C)C. The van der Waals surface area contributed by atoms with Crippen molar-refractivity contribution in [2.75, 3.05) is 14.1 Å². The first-order valence-electron chi connectivity index (χ1n) is 5.56. The van der Waals surface area contributed by atoms with Crippen LogP contribution in [-0.4, -0.2) is 43.3 Å². The van der Waals surface area contributed by atoms with Gasteiger partial charge in [-0.15, -0.1) is 0 Å². The zero-order chi connectivity index (χ0) is 14.5. The molecule has 0 amide bonds. The Kier molecular flexibility index (Phi) is 6.33. The lowest BCUT2D eigenvalue weighted by Gasteiger charge is -2.28. The molecule has 0 fully saturated rings. The van der Waals surface area contributed by atoms with Gasteiger partial charge in [0.25, 0.3) is 6.29 Å². The summed E-state index contributed by atoms with van der Waals surface area (Å²) in [5.41, 5.74) is 0.495. The third-order valence-electron chi connectivity index (χ3n) is 2.35. The first-order chi connectivity index (χ1) is 8.16. The maximum atomic E-state index is 11.5. The molecule has 5 heteroatoms. The monoisotopic (exact) mass is 255 g/mol. The normalized spacial score (nSPS) is 12.2. The average molecular weight is 255 g/mol. The molecule has 0 aromatic rings. The van der Waals surface area contributed by atoms with Crippen LogP contribution >= 0.6 is 0 Å². The van der Waals surface area contributed by atoms with Gasteiger partial charge < -0.3 is 9.47 Å². The number of carbonyl (C=O) groups is 2. The molecule has 102 valence electrons. The van der Waals surface area contributed by atoms with Crippen molar-refractivity contribution < 1.29 is 19.1 Å². The molecule has 0 radical (unpaired) electrons. The van der Waals surface area contributed by atoms with Crippen molar-refractivity contribution in [3.05, 3.63) is 24.3 Å². The smallest absolute Gasteiger partial charge is 0.336 e. The second-order valence-electron chi connectivity index (χ2n) is 4.44. The molecule has 5 nitrogen and oxygen atoms in total. The van der Waals surface area contributed by atoms with Crippen LogP contribution in [-0.2, 0) is 19.1 Å². The van der Waals surface area contributed by atoms with E-state index in [0.717, 1.165) is 0 Å². The van der Waals surface area contributed by atoms with E-state index in [1.54, 1.807) is 25.9 Å². The molecule has 0 spiro atoms. The van der Waals surface area contributed by atoms with Gasteiger partial charge in [0.05, 0.1) is 6.04 Å². The first-order valence-corrected chi connectivity index (χ1v) is 5.56. The average Bonchev–Trinajstić information content (AvgIpc) is 2.26. The third kappa shape index (κ3) is 5.14. The second kappa shape index (κ2) is 6.96. The van der Waals surface area contributed by atoms with E-state index in [0.29, 0.717) is 0 Å². The fourth-order valence-electron chi connectivity index (χ4n) is 0.877. The van der Waals surface area contributed by atoms with Crippen LogP contribution in [0.1, 0.15) is 20.8 Å². The molecule has 0 rings (SSSR count). The highest BCUT2D eigenvalue weighted by molar-refractivity contribution is 5.88. The van der Waals surface area contributed by atoms with Crippen LogP contribution in [0, 0.1) is 0 Å². The van der Waals surface area contributed by atoms with Gasteiger partial charge in [-0.3, -0.25) is 4.90 Å². The lowest BCUT2D eigenvalue weighted by molar-refractivity contribution is -0.191. The van der Waals surface area contributed by atoms with Crippen molar-refractivity contribution >= 4 is 11.9 Å². The molecule has 0 aliphatic carbocycles. The minimum absolute atomic E-state index is 0.248. The Balaban J connectivity index is 4.83. The Hall–Kier alpha value is -1.62. The van der Waals surface area contributed by atoms with Crippen molar-refractivity contribution in [2.45, 2.75) is 33.1 Å². The minimum Gasteiger partial charge on any atom is -0.420 e. The van der Waals surface area contributed by atoms with Crippen LogP contribution < -0.4 is 0 Å². The molecule has 0 aromatic heterocycles. The van der Waals surface area contributed by atoms with Gasteiger partial charge in [-0.25, -0.2) is 9.59 Å². The molecule has 0 N–H and O–H groups in total. The van der Waals surface area contributed by atoms with E-state index in [4.69, 9.17) is 9.47 Å². The van der Waals surface area contributed by atoms with Gasteiger partial charge in [0.15, 0.2) is 0 Å². The predicted molar refractivity (Wildman–Crippen MR) is 68.7 cm³/mol. The highest BCUT2D eigenvalue weighted by Crippen LogP contribution is 2.11. The summed E-state index contributed by atoms with van der Waals surface area (Å²) in [5.74, 6) is -1.19. The van der Waals surface area contributed by atoms with E-state index in [1.165, 1.54) is 13.8 Å². The third-order valence-corrected chi connectivity index (χ3v) is 2.35. The van der Waals surface area contributed by atoms with Crippen LogP contribution in [0.3, 0.4) is 0 Å². The van der Waals surface area contributed by atoms with Crippen LogP contribution in [0.4, 0.5) is 0 Å². The highest BCUT2D eigenvalue weighted by atomic mass is 16.7. The fourth-order valence-corrected chi connectivity index (χ4v) is 0.877. The number of hydrogen-bond acceptors (Lipinski definition) is 5. The summed E-state index contributed by atoms with van der Waals surface area (Å²) in [5, 5.41) is 0. The number of rotatable bonds is 6. The van der Waals surface area contributed by atoms with Crippen molar-refractivity contribution in [2.24, 2.45) is 0 Å². The van der Waals surface area contributed by atoms with Gasteiger partial charge in [-0.2, -0.15) is 0 Å². The minimum atomic E-state index is -0.992. The van der Waals surface area contributed by atoms with Crippen molar-refractivity contribution in [1.82, 2.24) is 4.90 Å². The maximum Gasteiger partial charge on any atom is 0.336 e. The Morgan fingerprint density at radius 3 is 1.56 bits per heavy atom. The molecule has 0 saturated heterocycles. The zero-order valence-corrected chi connectivity index (χ0v) is 11.6. The van der Waals surface area contributed by atoms with E-state index in [1.807, 2.05) is 0 Å². The lowest BCUT2D eigenvalue weighted by Crippen LogP contribution is -2.42. The summed E-state index contributed by atoms with van der Waals surface area (Å²) in [6.07, 6.45) is -0.992. The van der Waals surface area contributed by atoms with Crippen LogP contribution in [0.25, 0.3) is 0 Å². The molecule has 0 aliphatic heterocycles. The first kappa shape index (κ1) is 16.4. The summed E-state index contributed by atoms with van der Waals surface area (Å²) < 4.78 is 10.2. The number of ether oxygens (including phenoxy) is 2. The summed E-state index contributed by atoms with van der Waals surface area (Å²) in [6, 6.07) is -0.281. The van der Waals surface area contributed by atoms with Crippen LogP contribution in [0.2, 0.25) is 0 Å². The standard InChI is InChI=1S/C13H21NO4/c1-8(2)11(15)17-13(10(5)14(6)7)18-12(16)9(3)4/h10,13H,1,3H2,2,4-7H3. The number of carbonyl (C=O) groups excluding carboxylic acids is 2. The van der Waals surface area contributed by atoms with Gasteiger partial charge in [-0.1, -0.05) is 13.2 Å². The molecule has 1 unspecified atom stereocenters. The van der Waals surface area contributed by atoms with Gasteiger partial charge in [0.2, 0.25) is 0 Å². The van der Waals surface area contributed by atoms with Gasteiger partial charge in [0.1, 0.15) is 0 Å². The summed E-state index contributed by atoms with van der Waals surface area (Å²) in [4.78, 5) is 24.7. The largest absolute Gasteiger partial charge is 0.420 e. The molecule has 0 aromatic carbocycles. The molecule has 0 aliphatic rings. The molecular formula is C13H21NO4.